The van der Waals surface area contributed by atoms with Gasteiger partial charge in [-0.3, -0.25) is 4.79 Å². The number of amides is 1. The van der Waals surface area contributed by atoms with Crippen LogP contribution in [-0.4, -0.2) is 38.9 Å². The van der Waals surface area contributed by atoms with Crippen molar-refractivity contribution in [3.63, 3.8) is 0 Å². The fourth-order valence-electron chi connectivity index (χ4n) is 3.53. The Kier molecular flexibility index (Phi) is 6.94. The van der Waals surface area contributed by atoms with Gasteiger partial charge in [-0.1, -0.05) is 41.9 Å². The van der Waals surface area contributed by atoms with E-state index in [0.717, 1.165) is 5.56 Å². The highest BCUT2D eigenvalue weighted by molar-refractivity contribution is 6.32. The van der Waals surface area contributed by atoms with Gasteiger partial charge in [-0.05, 0) is 43.5 Å². The molecule has 0 radical (unpaired) electrons. The van der Waals surface area contributed by atoms with Gasteiger partial charge in [-0.2, -0.15) is 0 Å². The van der Waals surface area contributed by atoms with Crippen LogP contribution in [0.2, 0.25) is 5.02 Å². The highest BCUT2D eigenvalue weighted by Crippen LogP contribution is 2.37. The summed E-state index contributed by atoms with van der Waals surface area (Å²) in [5.74, 6) is 0.521. The van der Waals surface area contributed by atoms with Crippen LogP contribution >= 0.6 is 11.6 Å². The van der Waals surface area contributed by atoms with Gasteiger partial charge in [0.05, 0.1) is 17.0 Å². The minimum absolute atomic E-state index is 0.0421. The second kappa shape index (κ2) is 9.41. The molecule has 0 aromatic heterocycles. The number of carbonyl (C=O) groups excluding carboxylic acids is 1. The van der Waals surface area contributed by atoms with E-state index in [9.17, 15) is 4.79 Å². The number of benzene rings is 2. The smallest absolute Gasteiger partial charge is 0.235 e. The zero-order valence-electron chi connectivity index (χ0n) is 16.2. The van der Waals surface area contributed by atoms with E-state index in [1.54, 1.807) is 25.3 Å². The minimum Gasteiger partial charge on any atom is -0.487 e. The maximum Gasteiger partial charge on any atom is 0.235 e. The Hall–Kier alpha value is -2.08. The maximum absolute atomic E-state index is 13.3. The van der Waals surface area contributed by atoms with Crippen LogP contribution in [-0.2, 0) is 19.7 Å². The molecule has 3 rings (SSSR count). The van der Waals surface area contributed by atoms with E-state index in [1.165, 1.54) is 0 Å². The zero-order chi connectivity index (χ0) is 20.0. The first-order valence-corrected chi connectivity index (χ1v) is 9.83. The average Bonchev–Trinajstić information content (AvgIpc) is 2.71. The second-order valence-corrected chi connectivity index (χ2v) is 7.45. The highest BCUT2D eigenvalue weighted by atomic mass is 35.5. The maximum atomic E-state index is 13.3. The van der Waals surface area contributed by atoms with E-state index in [0.29, 0.717) is 49.1 Å². The lowest BCUT2D eigenvalue weighted by Crippen LogP contribution is -2.44. The molecule has 5 nitrogen and oxygen atoms in total. The average molecular weight is 404 g/mol. The van der Waals surface area contributed by atoms with Crippen LogP contribution in [0, 0.1) is 0 Å². The number of carbonyl (C=O) groups is 1. The normalized spacial score (nSPS) is 17.0. The largest absolute Gasteiger partial charge is 0.487 e. The van der Waals surface area contributed by atoms with Crippen molar-refractivity contribution in [1.29, 1.82) is 0 Å². The fourth-order valence-corrected chi connectivity index (χ4v) is 3.76. The Morgan fingerprint density at radius 1 is 1.21 bits per heavy atom. The predicted molar refractivity (Wildman–Crippen MR) is 110 cm³/mol. The molecule has 1 fully saturated rings. The van der Waals surface area contributed by atoms with Gasteiger partial charge >= 0.3 is 0 Å². The summed E-state index contributed by atoms with van der Waals surface area (Å²) in [6, 6.07) is 15.2. The number of hydrogen-bond donors (Lipinski definition) is 1. The molecule has 1 atom stereocenters. The van der Waals surface area contributed by atoms with Crippen LogP contribution in [0.1, 0.15) is 25.3 Å². The third-order valence-corrected chi connectivity index (χ3v) is 5.32. The van der Waals surface area contributed by atoms with Gasteiger partial charge in [0, 0.05) is 26.0 Å². The molecule has 1 aliphatic rings. The van der Waals surface area contributed by atoms with E-state index in [1.807, 2.05) is 37.3 Å². The van der Waals surface area contributed by atoms with E-state index >= 15 is 0 Å². The van der Waals surface area contributed by atoms with Crippen molar-refractivity contribution in [3.05, 3.63) is 59.1 Å². The molecule has 0 aliphatic carbocycles. The Bertz CT molecular complexity index is 790. The SMILES string of the molecule is COC[C@@H](C)Oc1ccc(NC(=O)C2(c3ccccc3)CCOCC2)cc1Cl. The molecule has 1 saturated heterocycles. The number of hydrogen-bond acceptors (Lipinski definition) is 4. The first-order valence-electron chi connectivity index (χ1n) is 9.45. The molecule has 0 bridgehead atoms. The summed E-state index contributed by atoms with van der Waals surface area (Å²) < 4.78 is 16.4. The molecule has 2 aromatic carbocycles. The summed E-state index contributed by atoms with van der Waals surface area (Å²) in [5.41, 5.74) is 1.05. The molecule has 1 heterocycles. The van der Waals surface area contributed by atoms with Gasteiger partial charge in [0.25, 0.3) is 0 Å². The molecule has 1 aliphatic heterocycles. The summed E-state index contributed by atoms with van der Waals surface area (Å²) in [7, 11) is 1.62. The summed E-state index contributed by atoms with van der Waals surface area (Å²) in [4.78, 5) is 13.3. The summed E-state index contributed by atoms with van der Waals surface area (Å²) in [6.45, 7) is 3.50. The number of halogens is 1. The van der Waals surface area contributed by atoms with Crippen LogP contribution in [0.5, 0.6) is 5.75 Å². The number of ether oxygens (including phenoxy) is 3. The Labute approximate surface area is 170 Å². The summed E-state index contributed by atoms with van der Waals surface area (Å²) in [5, 5.41) is 3.48. The van der Waals surface area contributed by atoms with Crippen LogP contribution < -0.4 is 10.1 Å². The number of rotatable bonds is 7. The topological polar surface area (TPSA) is 56.8 Å². The molecule has 1 amide bonds. The van der Waals surface area contributed by atoms with Crippen molar-refractivity contribution in [2.24, 2.45) is 0 Å². The number of anilines is 1. The molecule has 150 valence electrons. The van der Waals surface area contributed by atoms with E-state index in [-0.39, 0.29) is 12.0 Å². The van der Waals surface area contributed by atoms with Gasteiger partial charge in [0.15, 0.2) is 0 Å². The minimum atomic E-state index is -0.603. The zero-order valence-corrected chi connectivity index (χ0v) is 17.0. The molecular formula is C22H26ClNO4. The Morgan fingerprint density at radius 2 is 1.93 bits per heavy atom. The van der Waals surface area contributed by atoms with Crippen molar-refractivity contribution in [2.75, 3.05) is 32.2 Å². The van der Waals surface area contributed by atoms with Gasteiger partial charge in [-0.25, -0.2) is 0 Å². The lowest BCUT2D eigenvalue weighted by atomic mass is 9.73. The van der Waals surface area contributed by atoms with Crippen molar-refractivity contribution in [1.82, 2.24) is 0 Å². The number of nitrogens with one attached hydrogen (secondary N) is 1. The van der Waals surface area contributed by atoms with Gasteiger partial charge in [-0.15, -0.1) is 0 Å². The van der Waals surface area contributed by atoms with E-state index in [4.69, 9.17) is 25.8 Å². The first kappa shape index (κ1) is 20.6. The first-order chi connectivity index (χ1) is 13.5. The van der Waals surface area contributed by atoms with Gasteiger partial charge in [0.2, 0.25) is 5.91 Å². The van der Waals surface area contributed by atoms with E-state index in [2.05, 4.69) is 5.32 Å². The van der Waals surface area contributed by atoms with Gasteiger partial charge < -0.3 is 19.5 Å². The quantitative estimate of drug-likeness (QED) is 0.742. The molecule has 0 spiro atoms. The van der Waals surface area contributed by atoms with Crippen LogP contribution in [0.15, 0.2) is 48.5 Å². The second-order valence-electron chi connectivity index (χ2n) is 7.04. The third kappa shape index (κ3) is 4.66. The molecule has 0 saturated carbocycles. The molecule has 2 aromatic rings. The summed E-state index contributed by atoms with van der Waals surface area (Å²) in [6.07, 6.45) is 1.17. The molecule has 6 heteroatoms. The van der Waals surface area contributed by atoms with Crippen LogP contribution in [0.3, 0.4) is 0 Å². The Morgan fingerprint density at radius 3 is 2.57 bits per heavy atom. The predicted octanol–water partition coefficient (Wildman–Crippen LogP) is 4.44. The van der Waals surface area contributed by atoms with Crippen molar-refractivity contribution >= 4 is 23.2 Å². The lowest BCUT2D eigenvalue weighted by molar-refractivity contribution is -0.125. The number of methoxy groups -OCH3 is 1. The standard InChI is InChI=1S/C22H26ClNO4/c1-16(15-26-2)28-20-9-8-18(14-19(20)23)24-21(25)22(10-12-27-13-11-22)17-6-4-3-5-7-17/h3-9,14,16H,10-13,15H2,1-2H3,(H,24,25)/t16-/m1/s1. The molecule has 1 N–H and O–H groups in total. The Balaban J connectivity index is 1.78. The molecule has 0 unspecified atom stereocenters. The van der Waals surface area contributed by atoms with Crippen molar-refractivity contribution in [2.45, 2.75) is 31.3 Å². The van der Waals surface area contributed by atoms with E-state index < -0.39 is 5.41 Å². The fraction of sp³-hybridized carbons (Fsp3) is 0.409. The lowest BCUT2D eigenvalue weighted by Gasteiger charge is -2.36. The van der Waals surface area contributed by atoms with Crippen LogP contribution in [0.25, 0.3) is 0 Å². The van der Waals surface area contributed by atoms with Crippen molar-refractivity contribution in [3.8, 4) is 5.75 Å². The van der Waals surface area contributed by atoms with Crippen LogP contribution in [0.4, 0.5) is 5.69 Å². The monoisotopic (exact) mass is 403 g/mol. The van der Waals surface area contributed by atoms with Gasteiger partial charge in [0.1, 0.15) is 11.9 Å². The van der Waals surface area contributed by atoms with Crippen molar-refractivity contribution < 1.29 is 19.0 Å². The molecule has 28 heavy (non-hydrogen) atoms. The summed E-state index contributed by atoms with van der Waals surface area (Å²) >= 11 is 6.36. The third-order valence-electron chi connectivity index (χ3n) is 5.03. The molecular weight excluding hydrogens is 378 g/mol. The highest BCUT2D eigenvalue weighted by Gasteiger charge is 2.41.